The lowest BCUT2D eigenvalue weighted by Crippen LogP contribution is -2.60. The SMILES string of the molecule is O=C(C=Cc1ccccc1)OCC1OC(OCC(O)C(O)C(O)C(O)CO)C(O)C(O)C1O. The van der Waals surface area contributed by atoms with Crippen molar-refractivity contribution in [3.63, 3.8) is 0 Å². The Balaban J connectivity index is 1.89. The first kappa shape index (κ1) is 27.3. The zero-order valence-electron chi connectivity index (χ0n) is 17.6. The molecular weight excluding hydrogens is 444 g/mol. The number of carbonyl (C=O) groups excluding carboxylic acids is 1. The van der Waals surface area contributed by atoms with Gasteiger partial charge in [-0.15, -0.1) is 0 Å². The average Bonchev–Trinajstić information content (AvgIpc) is 2.83. The number of aliphatic hydroxyl groups excluding tert-OH is 8. The Bertz CT molecular complexity index is 744. The van der Waals surface area contributed by atoms with Gasteiger partial charge in [-0.05, 0) is 11.6 Å². The molecule has 8 N–H and O–H groups in total. The van der Waals surface area contributed by atoms with Crippen molar-refractivity contribution >= 4 is 12.0 Å². The molecule has 9 atom stereocenters. The molecule has 0 spiro atoms. The lowest BCUT2D eigenvalue weighted by atomic mass is 9.99. The summed E-state index contributed by atoms with van der Waals surface area (Å²) in [5.74, 6) is -0.747. The molecular formula is C21H30O12. The smallest absolute Gasteiger partial charge is 0.330 e. The van der Waals surface area contributed by atoms with Crippen molar-refractivity contribution in [1.29, 1.82) is 0 Å². The summed E-state index contributed by atoms with van der Waals surface area (Å²) in [6.45, 7) is -2.07. The Hall–Kier alpha value is -1.97. The van der Waals surface area contributed by atoms with Crippen LogP contribution in [0, 0.1) is 0 Å². The fourth-order valence-electron chi connectivity index (χ4n) is 2.99. The van der Waals surface area contributed by atoms with E-state index in [4.69, 9.17) is 19.3 Å². The van der Waals surface area contributed by atoms with Gasteiger partial charge in [0.15, 0.2) is 6.29 Å². The van der Waals surface area contributed by atoms with Crippen molar-refractivity contribution in [2.45, 2.75) is 55.1 Å². The van der Waals surface area contributed by atoms with Crippen LogP contribution in [-0.4, -0.2) is 122 Å². The molecule has 0 saturated carbocycles. The topological polar surface area (TPSA) is 207 Å². The van der Waals surface area contributed by atoms with Crippen LogP contribution in [0.4, 0.5) is 0 Å². The van der Waals surface area contributed by atoms with Crippen LogP contribution in [0.1, 0.15) is 5.56 Å². The molecule has 2 rings (SSSR count). The lowest BCUT2D eigenvalue weighted by Gasteiger charge is -2.40. The number of rotatable bonds is 11. The van der Waals surface area contributed by atoms with E-state index < -0.39 is 80.9 Å². The molecule has 1 aliphatic rings. The maximum absolute atomic E-state index is 11.9. The number of ether oxygens (including phenoxy) is 3. The molecule has 1 heterocycles. The zero-order valence-corrected chi connectivity index (χ0v) is 17.6. The number of hydrogen-bond donors (Lipinski definition) is 8. The molecule has 9 unspecified atom stereocenters. The number of esters is 1. The van der Waals surface area contributed by atoms with E-state index in [1.807, 2.05) is 6.07 Å². The van der Waals surface area contributed by atoms with Gasteiger partial charge in [0.2, 0.25) is 0 Å². The second kappa shape index (κ2) is 13.1. The quantitative estimate of drug-likeness (QED) is 0.116. The van der Waals surface area contributed by atoms with Crippen molar-refractivity contribution in [2.75, 3.05) is 19.8 Å². The van der Waals surface area contributed by atoms with E-state index in [0.29, 0.717) is 0 Å². The van der Waals surface area contributed by atoms with Crippen molar-refractivity contribution in [3.05, 3.63) is 42.0 Å². The van der Waals surface area contributed by atoms with Crippen molar-refractivity contribution < 1.29 is 59.9 Å². The highest BCUT2D eigenvalue weighted by Gasteiger charge is 2.45. The molecule has 1 aromatic rings. The van der Waals surface area contributed by atoms with Crippen LogP contribution >= 0.6 is 0 Å². The standard InChI is InChI=1S/C21H30O12/c22-8-12(23)16(26)17(27)13(24)9-32-21-20(30)19(29)18(28)14(33-21)10-31-15(25)7-6-11-4-2-1-3-5-11/h1-7,12-14,16-24,26-30H,8-10H2. The lowest BCUT2D eigenvalue weighted by molar-refractivity contribution is -0.307. The van der Waals surface area contributed by atoms with E-state index in [9.17, 15) is 40.5 Å². The highest BCUT2D eigenvalue weighted by atomic mass is 16.7. The Labute approximate surface area is 189 Å². The highest BCUT2D eigenvalue weighted by Crippen LogP contribution is 2.23. The van der Waals surface area contributed by atoms with E-state index in [2.05, 4.69) is 0 Å². The van der Waals surface area contributed by atoms with Gasteiger partial charge in [0, 0.05) is 6.08 Å². The first-order valence-corrected chi connectivity index (χ1v) is 10.2. The predicted octanol–water partition coefficient (Wildman–Crippen LogP) is -3.50. The van der Waals surface area contributed by atoms with E-state index in [0.717, 1.165) is 11.6 Å². The van der Waals surface area contributed by atoms with Crippen molar-refractivity contribution in [2.24, 2.45) is 0 Å². The predicted molar refractivity (Wildman–Crippen MR) is 110 cm³/mol. The molecule has 1 aromatic carbocycles. The van der Waals surface area contributed by atoms with E-state index in [1.165, 1.54) is 6.08 Å². The van der Waals surface area contributed by atoms with E-state index in [1.54, 1.807) is 24.3 Å². The molecule has 0 aromatic heterocycles. The first-order valence-electron chi connectivity index (χ1n) is 10.2. The molecule has 12 nitrogen and oxygen atoms in total. The van der Waals surface area contributed by atoms with Gasteiger partial charge in [-0.3, -0.25) is 0 Å². The third kappa shape index (κ3) is 7.79. The summed E-state index contributed by atoms with van der Waals surface area (Å²) in [5, 5.41) is 77.6. The van der Waals surface area contributed by atoms with Crippen LogP contribution in [0.5, 0.6) is 0 Å². The maximum Gasteiger partial charge on any atom is 0.330 e. The van der Waals surface area contributed by atoms with Crippen LogP contribution in [0.3, 0.4) is 0 Å². The van der Waals surface area contributed by atoms with Crippen LogP contribution in [0.2, 0.25) is 0 Å². The molecule has 12 heteroatoms. The summed E-state index contributed by atoms with van der Waals surface area (Å²) in [6.07, 6.45) is -12.6. The minimum atomic E-state index is -1.91. The first-order chi connectivity index (χ1) is 15.6. The molecule has 0 bridgehead atoms. The summed E-state index contributed by atoms with van der Waals surface area (Å²) in [5.41, 5.74) is 0.757. The Kier molecular flexibility index (Phi) is 10.8. The zero-order chi connectivity index (χ0) is 24.5. The molecule has 0 radical (unpaired) electrons. The van der Waals surface area contributed by atoms with Gasteiger partial charge >= 0.3 is 5.97 Å². The molecule has 33 heavy (non-hydrogen) atoms. The van der Waals surface area contributed by atoms with E-state index >= 15 is 0 Å². The Morgan fingerprint density at radius 2 is 1.61 bits per heavy atom. The summed E-state index contributed by atoms with van der Waals surface area (Å²) in [7, 11) is 0. The molecule has 1 saturated heterocycles. The fourth-order valence-corrected chi connectivity index (χ4v) is 2.99. The van der Waals surface area contributed by atoms with Gasteiger partial charge in [0.1, 0.15) is 55.4 Å². The normalized spacial score (nSPS) is 29.4. The van der Waals surface area contributed by atoms with Gasteiger partial charge < -0.3 is 55.1 Å². The van der Waals surface area contributed by atoms with Crippen LogP contribution in [0.25, 0.3) is 6.08 Å². The second-order valence-electron chi connectivity index (χ2n) is 7.52. The minimum absolute atomic E-state index is 0.491. The van der Waals surface area contributed by atoms with Gasteiger partial charge in [-0.1, -0.05) is 30.3 Å². The molecule has 186 valence electrons. The molecule has 1 fully saturated rings. The van der Waals surface area contributed by atoms with Gasteiger partial charge in [0.25, 0.3) is 0 Å². The molecule has 0 aliphatic carbocycles. The Morgan fingerprint density at radius 1 is 0.970 bits per heavy atom. The third-order valence-electron chi connectivity index (χ3n) is 5.03. The van der Waals surface area contributed by atoms with E-state index in [-0.39, 0.29) is 0 Å². The summed E-state index contributed by atoms with van der Waals surface area (Å²) in [6, 6.07) is 8.93. The monoisotopic (exact) mass is 474 g/mol. The largest absolute Gasteiger partial charge is 0.460 e. The number of carbonyl (C=O) groups is 1. The van der Waals surface area contributed by atoms with Gasteiger partial charge in [-0.25, -0.2) is 4.79 Å². The van der Waals surface area contributed by atoms with Crippen molar-refractivity contribution in [1.82, 2.24) is 0 Å². The average molecular weight is 474 g/mol. The van der Waals surface area contributed by atoms with Crippen molar-refractivity contribution in [3.8, 4) is 0 Å². The van der Waals surface area contributed by atoms with Gasteiger partial charge in [0.05, 0.1) is 13.2 Å². The highest BCUT2D eigenvalue weighted by molar-refractivity contribution is 5.87. The third-order valence-corrected chi connectivity index (χ3v) is 5.03. The van der Waals surface area contributed by atoms with Crippen LogP contribution in [-0.2, 0) is 19.0 Å². The minimum Gasteiger partial charge on any atom is -0.460 e. The van der Waals surface area contributed by atoms with Crippen LogP contribution < -0.4 is 0 Å². The second-order valence-corrected chi connectivity index (χ2v) is 7.52. The molecule has 0 amide bonds. The number of benzene rings is 1. The van der Waals surface area contributed by atoms with Crippen LogP contribution in [0.15, 0.2) is 36.4 Å². The number of aliphatic hydroxyl groups is 8. The number of hydrogen-bond acceptors (Lipinski definition) is 12. The fraction of sp³-hybridized carbons (Fsp3) is 0.571. The summed E-state index contributed by atoms with van der Waals surface area (Å²) < 4.78 is 15.5. The van der Waals surface area contributed by atoms with Gasteiger partial charge in [-0.2, -0.15) is 0 Å². The Morgan fingerprint density at radius 3 is 2.24 bits per heavy atom. The molecule has 1 aliphatic heterocycles. The maximum atomic E-state index is 11.9. The summed E-state index contributed by atoms with van der Waals surface area (Å²) in [4.78, 5) is 11.9. The summed E-state index contributed by atoms with van der Waals surface area (Å²) >= 11 is 0.